The van der Waals surface area contributed by atoms with E-state index in [0.717, 1.165) is 15.1 Å². The summed E-state index contributed by atoms with van der Waals surface area (Å²) in [4.78, 5) is 11.9. The molecular weight excluding hydrogens is 332 g/mol. The molecule has 0 aliphatic carbocycles. The Kier molecular flexibility index (Phi) is 4.04. The van der Waals surface area contributed by atoms with Gasteiger partial charge in [0.15, 0.2) is 0 Å². The second kappa shape index (κ2) is 5.90. The molecule has 0 fully saturated rings. The SMILES string of the molecule is CC(C)(C(=O)NO)N(c1ccc2c(c1)oc1ccccc12)S(=O)[O-]. The van der Waals surface area contributed by atoms with Crippen LogP contribution in [0.25, 0.3) is 21.9 Å². The quantitative estimate of drug-likeness (QED) is 0.428. The summed E-state index contributed by atoms with van der Waals surface area (Å²) in [5.74, 6) is -0.851. The predicted octanol–water partition coefficient (Wildman–Crippen LogP) is 2.47. The second-order valence-corrected chi connectivity index (χ2v) is 6.59. The summed E-state index contributed by atoms with van der Waals surface area (Å²) in [6, 6.07) is 12.3. The van der Waals surface area contributed by atoms with E-state index >= 15 is 0 Å². The normalized spacial score (nSPS) is 13.2. The molecule has 0 aliphatic heterocycles. The van der Waals surface area contributed by atoms with Crippen molar-refractivity contribution in [3.05, 3.63) is 42.5 Å². The fourth-order valence-electron chi connectivity index (χ4n) is 2.67. The number of anilines is 1. The zero-order valence-corrected chi connectivity index (χ0v) is 13.8. The lowest BCUT2D eigenvalue weighted by atomic mass is 10.0. The molecule has 1 amide bonds. The van der Waals surface area contributed by atoms with Gasteiger partial charge in [-0.2, -0.15) is 0 Å². The number of rotatable bonds is 4. The highest BCUT2D eigenvalue weighted by Gasteiger charge is 2.36. The lowest BCUT2D eigenvalue weighted by molar-refractivity contribution is -0.133. The number of fused-ring (bicyclic) bond motifs is 3. The van der Waals surface area contributed by atoms with Gasteiger partial charge in [-0.3, -0.25) is 18.5 Å². The van der Waals surface area contributed by atoms with Crippen molar-refractivity contribution in [2.24, 2.45) is 0 Å². The summed E-state index contributed by atoms with van der Waals surface area (Å²) < 4.78 is 30.0. The molecule has 126 valence electrons. The number of carbonyl (C=O) groups is 1. The molecular formula is C16H15N2O5S-. The van der Waals surface area contributed by atoms with Gasteiger partial charge in [0.1, 0.15) is 16.7 Å². The van der Waals surface area contributed by atoms with Gasteiger partial charge in [-0.15, -0.1) is 0 Å². The van der Waals surface area contributed by atoms with Crippen molar-refractivity contribution in [1.29, 1.82) is 0 Å². The standard InChI is InChI=1S/C16H16N2O5S/c1-16(2,15(19)17-20)18(24(21)22)10-7-8-12-11-5-3-4-6-13(11)23-14(12)9-10/h3-9,20H,1-2H3,(H,17,19)(H,21,22)/p-1. The number of para-hydroxylation sites is 1. The summed E-state index contributed by atoms with van der Waals surface area (Å²) in [6.45, 7) is 2.77. The van der Waals surface area contributed by atoms with E-state index in [0.29, 0.717) is 11.2 Å². The molecule has 1 unspecified atom stereocenters. The maximum atomic E-state index is 11.9. The Morgan fingerprint density at radius 2 is 1.88 bits per heavy atom. The average molecular weight is 347 g/mol. The van der Waals surface area contributed by atoms with Gasteiger partial charge in [-0.1, -0.05) is 18.2 Å². The first-order valence-electron chi connectivity index (χ1n) is 7.11. The van der Waals surface area contributed by atoms with Crippen LogP contribution in [0.1, 0.15) is 13.8 Å². The predicted molar refractivity (Wildman–Crippen MR) is 89.1 cm³/mol. The van der Waals surface area contributed by atoms with E-state index in [1.54, 1.807) is 18.2 Å². The number of amides is 1. The fraction of sp³-hybridized carbons (Fsp3) is 0.188. The van der Waals surface area contributed by atoms with Gasteiger partial charge in [-0.25, -0.2) is 5.48 Å². The second-order valence-electron chi connectivity index (χ2n) is 5.79. The molecule has 1 heterocycles. The van der Waals surface area contributed by atoms with Crippen LogP contribution in [0, 0.1) is 0 Å². The van der Waals surface area contributed by atoms with Gasteiger partial charge in [0.2, 0.25) is 0 Å². The third-order valence-corrected chi connectivity index (χ3v) is 4.88. The lowest BCUT2D eigenvalue weighted by Gasteiger charge is -2.38. The van der Waals surface area contributed by atoms with Crippen molar-refractivity contribution in [3.63, 3.8) is 0 Å². The van der Waals surface area contributed by atoms with Crippen LogP contribution in [0.15, 0.2) is 46.9 Å². The smallest absolute Gasteiger partial charge is 0.269 e. The minimum Gasteiger partial charge on any atom is -0.755 e. The molecule has 0 radical (unpaired) electrons. The maximum Gasteiger partial charge on any atom is 0.269 e. The molecule has 0 spiro atoms. The summed E-state index contributed by atoms with van der Waals surface area (Å²) in [6.07, 6.45) is 0. The van der Waals surface area contributed by atoms with Gasteiger partial charge < -0.3 is 8.97 Å². The molecule has 7 nitrogen and oxygen atoms in total. The average Bonchev–Trinajstić information content (AvgIpc) is 2.91. The summed E-state index contributed by atoms with van der Waals surface area (Å²) in [5, 5.41) is 10.6. The van der Waals surface area contributed by atoms with Crippen LogP contribution in [-0.4, -0.2) is 25.4 Å². The molecule has 24 heavy (non-hydrogen) atoms. The van der Waals surface area contributed by atoms with Crippen LogP contribution >= 0.6 is 0 Å². The Balaban J connectivity index is 2.17. The number of furan rings is 1. The molecule has 0 saturated heterocycles. The van der Waals surface area contributed by atoms with E-state index in [2.05, 4.69) is 0 Å². The van der Waals surface area contributed by atoms with Gasteiger partial charge in [0, 0.05) is 28.1 Å². The van der Waals surface area contributed by atoms with Gasteiger partial charge in [0.05, 0.1) is 5.69 Å². The molecule has 2 N–H and O–H groups in total. The highest BCUT2D eigenvalue weighted by atomic mass is 32.2. The van der Waals surface area contributed by atoms with E-state index in [4.69, 9.17) is 9.62 Å². The van der Waals surface area contributed by atoms with E-state index < -0.39 is 22.7 Å². The van der Waals surface area contributed by atoms with Crippen molar-refractivity contribution >= 4 is 44.8 Å². The van der Waals surface area contributed by atoms with E-state index in [1.807, 2.05) is 24.3 Å². The zero-order valence-electron chi connectivity index (χ0n) is 13.0. The van der Waals surface area contributed by atoms with Crippen molar-refractivity contribution in [2.45, 2.75) is 19.4 Å². The minimum absolute atomic E-state index is 0.253. The molecule has 1 atom stereocenters. The lowest BCUT2D eigenvalue weighted by Crippen LogP contribution is -2.55. The number of benzene rings is 2. The molecule has 3 rings (SSSR count). The first-order valence-corrected chi connectivity index (χ1v) is 8.15. The van der Waals surface area contributed by atoms with E-state index in [-0.39, 0.29) is 5.69 Å². The fourth-order valence-corrected chi connectivity index (χ4v) is 3.41. The monoisotopic (exact) mass is 347 g/mol. The Bertz CT molecular complexity index is 950. The number of hydrogen-bond donors (Lipinski definition) is 2. The maximum absolute atomic E-state index is 11.9. The van der Waals surface area contributed by atoms with Crippen LogP contribution < -0.4 is 9.79 Å². The largest absolute Gasteiger partial charge is 0.755 e. The number of nitrogens with one attached hydrogen (secondary N) is 1. The van der Waals surface area contributed by atoms with Gasteiger partial charge in [-0.05, 0) is 32.0 Å². The van der Waals surface area contributed by atoms with Crippen molar-refractivity contribution < 1.29 is 23.2 Å². The van der Waals surface area contributed by atoms with Crippen molar-refractivity contribution in [2.75, 3.05) is 4.31 Å². The van der Waals surface area contributed by atoms with Crippen molar-refractivity contribution in [3.8, 4) is 0 Å². The van der Waals surface area contributed by atoms with Crippen molar-refractivity contribution in [1.82, 2.24) is 5.48 Å². The van der Waals surface area contributed by atoms with E-state index in [9.17, 15) is 13.6 Å². The van der Waals surface area contributed by atoms with Crippen LogP contribution in [0.5, 0.6) is 0 Å². The Morgan fingerprint density at radius 1 is 1.21 bits per heavy atom. The van der Waals surface area contributed by atoms with Crippen LogP contribution in [0.3, 0.4) is 0 Å². The molecule has 2 aromatic carbocycles. The first-order chi connectivity index (χ1) is 11.4. The number of hydroxylamine groups is 1. The Hall–Kier alpha value is -2.42. The first kappa shape index (κ1) is 16.4. The Morgan fingerprint density at radius 3 is 2.54 bits per heavy atom. The molecule has 3 aromatic rings. The van der Waals surface area contributed by atoms with Gasteiger partial charge in [0.25, 0.3) is 5.91 Å². The highest BCUT2D eigenvalue weighted by molar-refractivity contribution is 7.80. The number of carbonyl (C=O) groups excluding carboxylic acids is 1. The van der Waals surface area contributed by atoms with Gasteiger partial charge >= 0.3 is 0 Å². The summed E-state index contributed by atoms with van der Waals surface area (Å²) in [5.41, 5.74) is 1.41. The molecule has 0 saturated carbocycles. The summed E-state index contributed by atoms with van der Waals surface area (Å²) in [7, 11) is 0. The van der Waals surface area contributed by atoms with Crippen LogP contribution in [0.2, 0.25) is 0 Å². The third-order valence-electron chi connectivity index (χ3n) is 3.91. The molecule has 1 aromatic heterocycles. The molecule has 8 heteroatoms. The molecule has 0 bridgehead atoms. The topological polar surface area (TPSA) is 106 Å². The number of hydrogen-bond acceptors (Lipinski definition) is 5. The number of nitrogens with zero attached hydrogens (tertiary/aromatic N) is 1. The van der Waals surface area contributed by atoms with E-state index in [1.165, 1.54) is 19.3 Å². The van der Waals surface area contributed by atoms with Crippen LogP contribution in [-0.2, 0) is 16.1 Å². The van der Waals surface area contributed by atoms with Crippen LogP contribution in [0.4, 0.5) is 5.69 Å². The Labute approximate surface area is 140 Å². The highest BCUT2D eigenvalue weighted by Crippen LogP contribution is 2.34. The third kappa shape index (κ3) is 2.54. The minimum atomic E-state index is -2.74. The molecule has 0 aliphatic rings. The summed E-state index contributed by atoms with van der Waals surface area (Å²) >= 11 is -2.74. The zero-order chi connectivity index (χ0) is 17.5.